The van der Waals surface area contributed by atoms with Crippen molar-refractivity contribution < 1.29 is 9.47 Å². The average Bonchev–Trinajstić information content (AvgIpc) is 2.58. The molecule has 0 aliphatic heterocycles. The molecular weight excluding hydrogens is 336 g/mol. The smallest absolute Gasteiger partial charge is 0.119 e. The molecule has 0 aliphatic carbocycles. The summed E-state index contributed by atoms with van der Waals surface area (Å²) >= 11 is 6.12. The van der Waals surface area contributed by atoms with Gasteiger partial charge in [0.15, 0.2) is 0 Å². The van der Waals surface area contributed by atoms with Crippen LogP contribution in [0.1, 0.15) is 32.3 Å². The van der Waals surface area contributed by atoms with Crippen LogP contribution in [-0.4, -0.2) is 23.9 Å². The largest absolute Gasteiger partial charge is 0.491 e. The van der Waals surface area contributed by atoms with E-state index in [-0.39, 0.29) is 11.5 Å². The second-order valence-electron chi connectivity index (χ2n) is 6.02. The molecule has 4 heteroatoms. The third-order valence-electron chi connectivity index (χ3n) is 3.55. The minimum Gasteiger partial charge on any atom is -0.491 e. The van der Waals surface area contributed by atoms with Gasteiger partial charge >= 0.3 is 0 Å². The van der Waals surface area contributed by atoms with Gasteiger partial charge in [-0.15, -0.1) is 24.4 Å². The van der Waals surface area contributed by atoms with Crippen molar-refractivity contribution in [2.45, 2.75) is 43.1 Å². The molecule has 2 aromatic rings. The number of hydrogen-bond donors (Lipinski definition) is 1. The van der Waals surface area contributed by atoms with Crippen molar-refractivity contribution in [3.8, 4) is 5.75 Å². The summed E-state index contributed by atoms with van der Waals surface area (Å²) in [6.45, 7) is 6.83. The van der Waals surface area contributed by atoms with Crippen molar-refractivity contribution in [3.63, 3.8) is 0 Å². The Labute approximate surface area is 155 Å². The highest BCUT2D eigenvalue weighted by Gasteiger charge is 2.13. The van der Waals surface area contributed by atoms with Crippen LogP contribution in [0.4, 0.5) is 0 Å². The topological polar surface area (TPSA) is 18.5 Å². The van der Waals surface area contributed by atoms with Crippen LogP contribution in [0.15, 0.2) is 59.5 Å². The molecule has 0 N–H and O–H groups in total. The Hall–Kier alpha value is -1.10. The Morgan fingerprint density at radius 1 is 0.958 bits per heavy atom. The fourth-order valence-electron chi connectivity index (χ4n) is 2.25. The van der Waals surface area contributed by atoms with Gasteiger partial charge in [0.2, 0.25) is 0 Å². The van der Waals surface area contributed by atoms with Crippen molar-refractivity contribution in [1.29, 1.82) is 0 Å². The number of thiol groups is 1. The van der Waals surface area contributed by atoms with Gasteiger partial charge in [0.25, 0.3) is 0 Å². The molecular formula is C20H26O2S2. The molecule has 2 nitrogen and oxygen atoms in total. The summed E-state index contributed by atoms with van der Waals surface area (Å²) in [7, 11) is 0. The lowest BCUT2D eigenvalue weighted by atomic mass is 10.0. The van der Waals surface area contributed by atoms with Gasteiger partial charge in [0, 0.05) is 10.6 Å². The Bertz CT molecular complexity index is 582. The maximum atomic E-state index is 5.92. The number of thioether (sulfide) groups is 1. The molecule has 0 radical (unpaired) electrons. The standard InChI is InChI=1S/C20H26O2S2/c1-15(2)17-9-11-18(12-10-17)21-13-19(22-16(3)23)14-24-20-7-5-4-6-8-20/h4-12,15-16,19,23H,13-14H2,1-3H3. The van der Waals surface area contributed by atoms with Crippen LogP contribution in [0, 0.1) is 0 Å². The van der Waals surface area contributed by atoms with E-state index >= 15 is 0 Å². The molecule has 0 spiro atoms. The molecule has 2 rings (SSSR count). The summed E-state index contributed by atoms with van der Waals surface area (Å²) in [5.74, 6) is 2.24. The van der Waals surface area contributed by atoms with Gasteiger partial charge in [0.1, 0.15) is 18.5 Å². The van der Waals surface area contributed by atoms with Crippen LogP contribution in [-0.2, 0) is 4.74 Å². The SMILES string of the molecule is CC(S)OC(COc1ccc(C(C)C)cc1)CSc1ccccc1. The second kappa shape index (κ2) is 10.0. The minimum atomic E-state index is -0.113. The van der Waals surface area contributed by atoms with E-state index < -0.39 is 0 Å². The maximum absolute atomic E-state index is 5.92. The van der Waals surface area contributed by atoms with Gasteiger partial charge in [-0.05, 0) is 42.7 Å². The number of benzene rings is 2. The summed E-state index contributed by atoms with van der Waals surface area (Å²) in [4.78, 5) is 1.24. The zero-order valence-corrected chi connectivity index (χ0v) is 16.2. The molecule has 0 aliphatic rings. The first-order valence-electron chi connectivity index (χ1n) is 8.28. The highest BCUT2D eigenvalue weighted by Crippen LogP contribution is 2.22. The summed E-state index contributed by atoms with van der Waals surface area (Å²) in [6, 6.07) is 18.6. The van der Waals surface area contributed by atoms with E-state index in [2.05, 4.69) is 50.7 Å². The Morgan fingerprint density at radius 3 is 2.21 bits per heavy atom. The lowest BCUT2D eigenvalue weighted by Crippen LogP contribution is -2.26. The van der Waals surface area contributed by atoms with Crippen LogP contribution >= 0.6 is 24.4 Å². The first kappa shape index (κ1) is 19.2. The van der Waals surface area contributed by atoms with Gasteiger partial charge in [-0.1, -0.05) is 44.2 Å². The molecule has 2 atom stereocenters. The van der Waals surface area contributed by atoms with E-state index in [9.17, 15) is 0 Å². The zero-order valence-electron chi connectivity index (χ0n) is 14.5. The molecule has 0 bridgehead atoms. The monoisotopic (exact) mass is 362 g/mol. The average molecular weight is 363 g/mol. The number of rotatable bonds is 9. The van der Waals surface area contributed by atoms with Crippen LogP contribution < -0.4 is 4.74 Å². The summed E-state index contributed by atoms with van der Waals surface area (Å²) < 4.78 is 11.8. The van der Waals surface area contributed by atoms with Gasteiger partial charge in [-0.3, -0.25) is 0 Å². The quantitative estimate of drug-likeness (QED) is 0.354. The first-order valence-corrected chi connectivity index (χ1v) is 9.79. The molecule has 130 valence electrons. The molecule has 0 saturated heterocycles. The lowest BCUT2D eigenvalue weighted by Gasteiger charge is -2.20. The van der Waals surface area contributed by atoms with E-state index in [4.69, 9.17) is 9.47 Å². The predicted octanol–water partition coefficient (Wildman–Crippen LogP) is 5.64. The van der Waals surface area contributed by atoms with Crippen molar-refractivity contribution in [1.82, 2.24) is 0 Å². The summed E-state index contributed by atoms with van der Waals surface area (Å²) in [5.41, 5.74) is 1.21. The van der Waals surface area contributed by atoms with Crippen LogP contribution in [0.2, 0.25) is 0 Å². The molecule has 0 heterocycles. The van der Waals surface area contributed by atoms with Crippen molar-refractivity contribution in [3.05, 3.63) is 60.2 Å². The van der Waals surface area contributed by atoms with Gasteiger partial charge in [-0.2, -0.15) is 0 Å². The predicted molar refractivity (Wildman–Crippen MR) is 107 cm³/mol. The zero-order chi connectivity index (χ0) is 17.4. The highest BCUT2D eigenvalue weighted by molar-refractivity contribution is 7.99. The molecule has 0 aromatic heterocycles. The normalized spacial score (nSPS) is 13.7. The third-order valence-corrected chi connectivity index (χ3v) is 4.82. The van der Waals surface area contributed by atoms with E-state index in [0.29, 0.717) is 12.5 Å². The van der Waals surface area contributed by atoms with E-state index in [0.717, 1.165) is 11.5 Å². The fraction of sp³-hybridized carbons (Fsp3) is 0.400. The second-order valence-corrected chi connectivity index (χ2v) is 7.84. The first-order chi connectivity index (χ1) is 11.5. The third kappa shape index (κ3) is 6.80. The molecule has 2 aromatic carbocycles. The highest BCUT2D eigenvalue weighted by atomic mass is 32.2. The molecule has 2 unspecified atom stereocenters. The van der Waals surface area contributed by atoms with Gasteiger partial charge in [-0.25, -0.2) is 0 Å². The Kier molecular flexibility index (Phi) is 8.03. The Balaban J connectivity index is 1.88. The fourth-order valence-corrected chi connectivity index (χ4v) is 3.32. The van der Waals surface area contributed by atoms with Crippen molar-refractivity contribution >= 4 is 24.4 Å². The molecule has 0 amide bonds. The summed E-state index contributed by atoms with van der Waals surface area (Å²) in [6.07, 6.45) is -0.00696. The van der Waals surface area contributed by atoms with Crippen LogP contribution in [0.5, 0.6) is 5.75 Å². The number of ether oxygens (including phenoxy) is 2. The van der Waals surface area contributed by atoms with Gasteiger partial charge in [0.05, 0.1) is 5.44 Å². The molecule has 24 heavy (non-hydrogen) atoms. The molecule has 0 fully saturated rings. The lowest BCUT2D eigenvalue weighted by molar-refractivity contribution is 0.0282. The Morgan fingerprint density at radius 2 is 1.62 bits per heavy atom. The van der Waals surface area contributed by atoms with E-state index in [1.165, 1.54) is 10.5 Å². The van der Waals surface area contributed by atoms with E-state index in [1.54, 1.807) is 11.8 Å². The van der Waals surface area contributed by atoms with Gasteiger partial charge < -0.3 is 9.47 Å². The minimum absolute atomic E-state index is 0.00696. The summed E-state index contributed by atoms with van der Waals surface area (Å²) in [5, 5.41) is 0. The maximum Gasteiger partial charge on any atom is 0.119 e. The van der Waals surface area contributed by atoms with Crippen molar-refractivity contribution in [2.24, 2.45) is 0 Å². The number of hydrogen-bond acceptors (Lipinski definition) is 4. The van der Waals surface area contributed by atoms with Crippen LogP contribution in [0.3, 0.4) is 0 Å². The van der Waals surface area contributed by atoms with Crippen molar-refractivity contribution in [2.75, 3.05) is 12.4 Å². The van der Waals surface area contributed by atoms with Crippen LogP contribution in [0.25, 0.3) is 0 Å². The molecule has 0 saturated carbocycles. The van der Waals surface area contributed by atoms with E-state index in [1.807, 2.05) is 37.3 Å².